The van der Waals surface area contributed by atoms with Crippen molar-refractivity contribution in [1.82, 2.24) is 0 Å². The Hall–Kier alpha value is -0.313. The minimum atomic E-state index is -3.35. The first-order valence-electron chi connectivity index (χ1n) is 5.23. The monoisotopic (exact) mass is 248 g/mol. The Morgan fingerprint density at radius 1 is 1.13 bits per heavy atom. The molecule has 5 heteroatoms. The Morgan fingerprint density at radius 2 is 1.60 bits per heavy atom. The molecule has 0 saturated heterocycles. The van der Waals surface area contributed by atoms with Gasteiger partial charge in [-0.25, -0.2) is 0 Å². The first-order chi connectivity index (χ1) is 6.89. The van der Waals surface area contributed by atoms with Crippen molar-refractivity contribution < 1.29 is 12.6 Å². The maximum atomic E-state index is 10.7. The van der Waals surface area contributed by atoms with Gasteiger partial charge in [-0.15, -0.1) is 5.54 Å². The van der Waals surface area contributed by atoms with Crippen molar-refractivity contribution in [2.45, 2.75) is 38.9 Å². The Bertz CT molecular complexity index is 325. The van der Waals surface area contributed by atoms with E-state index in [1.807, 2.05) is 0 Å². The summed E-state index contributed by atoms with van der Waals surface area (Å²) < 4.78 is 26.0. The quantitative estimate of drug-likeness (QED) is 0.425. The van der Waals surface area contributed by atoms with Crippen LogP contribution >= 0.6 is 0 Å². The van der Waals surface area contributed by atoms with Gasteiger partial charge in [-0.1, -0.05) is 26.7 Å². The normalized spacial score (nSPS) is 12.0. The first kappa shape index (κ1) is 14.7. The van der Waals surface area contributed by atoms with E-state index in [0.29, 0.717) is 0 Å². The van der Waals surface area contributed by atoms with Crippen LogP contribution in [-0.4, -0.2) is 29.4 Å². The summed E-state index contributed by atoms with van der Waals surface area (Å²) in [6, 6.07) is 3.35. The Labute approximate surface area is 94.4 Å². The van der Waals surface area contributed by atoms with Gasteiger partial charge in [-0.05, 0) is 18.1 Å². The SMILES string of the molecule is CC[Si](C#CCOS(C)(=O)=O)(CC)CC. The molecule has 0 unspecified atom stereocenters. The highest BCUT2D eigenvalue weighted by molar-refractivity contribution is 7.86. The molecule has 3 nitrogen and oxygen atoms in total. The third-order valence-electron chi connectivity index (χ3n) is 2.73. The van der Waals surface area contributed by atoms with Gasteiger partial charge >= 0.3 is 0 Å². The van der Waals surface area contributed by atoms with E-state index in [4.69, 9.17) is 0 Å². The molecule has 0 atom stereocenters. The summed E-state index contributed by atoms with van der Waals surface area (Å²) >= 11 is 0. The van der Waals surface area contributed by atoms with Crippen molar-refractivity contribution in [2.75, 3.05) is 12.9 Å². The molecule has 0 amide bonds. The van der Waals surface area contributed by atoms with Crippen molar-refractivity contribution >= 4 is 18.2 Å². The van der Waals surface area contributed by atoms with Crippen LogP contribution in [0.2, 0.25) is 18.1 Å². The van der Waals surface area contributed by atoms with Crippen LogP contribution in [0.5, 0.6) is 0 Å². The van der Waals surface area contributed by atoms with E-state index in [1.165, 1.54) is 0 Å². The molecule has 0 aliphatic carbocycles. The van der Waals surface area contributed by atoms with E-state index < -0.39 is 18.2 Å². The lowest BCUT2D eigenvalue weighted by Gasteiger charge is -2.19. The van der Waals surface area contributed by atoms with Crippen LogP contribution in [0.25, 0.3) is 0 Å². The molecule has 0 aromatic carbocycles. The zero-order valence-corrected chi connectivity index (χ0v) is 11.8. The van der Waals surface area contributed by atoms with Crippen LogP contribution in [0, 0.1) is 11.5 Å². The van der Waals surface area contributed by atoms with Crippen LogP contribution in [0.15, 0.2) is 0 Å². The van der Waals surface area contributed by atoms with Crippen LogP contribution in [0.4, 0.5) is 0 Å². The highest BCUT2D eigenvalue weighted by Crippen LogP contribution is 2.18. The lowest BCUT2D eigenvalue weighted by molar-refractivity contribution is 0.368. The van der Waals surface area contributed by atoms with Gasteiger partial charge in [0.1, 0.15) is 14.7 Å². The maximum absolute atomic E-state index is 10.7. The molecule has 0 aliphatic rings. The van der Waals surface area contributed by atoms with Crippen LogP contribution in [0.3, 0.4) is 0 Å². The lowest BCUT2D eigenvalue weighted by Crippen LogP contribution is -2.29. The van der Waals surface area contributed by atoms with Gasteiger partial charge in [0.15, 0.2) is 0 Å². The standard InChI is InChI=1S/C10H20O3SSi/c1-5-15(6-2,7-3)10-8-9-13-14(4,11)12/h5-7,9H2,1-4H3. The molecule has 0 radical (unpaired) electrons. The topological polar surface area (TPSA) is 43.4 Å². The average molecular weight is 248 g/mol. The summed E-state index contributed by atoms with van der Waals surface area (Å²) in [4.78, 5) is 0. The van der Waals surface area contributed by atoms with E-state index in [9.17, 15) is 8.42 Å². The molecule has 0 spiro atoms. The highest BCUT2D eigenvalue weighted by atomic mass is 32.2. The summed E-state index contributed by atoms with van der Waals surface area (Å²) in [5, 5.41) is 0. The van der Waals surface area contributed by atoms with Crippen molar-refractivity contribution in [1.29, 1.82) is 0 Å². The molecule has 0 heterocycles. The zero-order valence-electron chi connectivity index (χ0n) is 9.96. The minimum absolute atomic E-state index is 0.00637. The number of hydrogen-bond acceptors (Lipinski definition) is 3. The second kappa shape index (κ2) is 6.31. The van der Waals surface area contributed by atoms with E-state index in [0.717, 1.165) is 24.4 Å². The smallest absolute Gasteiger partial charge is 0.257 e. The fourth-order valence-electron chi connectivity index (χ4n) is 1.38. The van der Waals surface area contributed by atoms with E-state index in [2.05, 4.69) is 36.4 Å². The minimum Gasteiger partial charge on any atom is -0.257 e. The van der Waals surface area contributed by atoms with Gasteiger partial charge < -0.3 is 0 Å². The second-order valence-corrected chi connectivity index (χ2v) is 10.2. The summed E-state index contributed by atoms with van der Waals surface area (Å²) in [5.41, 5.74) is 3.25. The van der Waals surface area contributed by atoms with Crippen LogP contribution < -0.4 is 0 Å². The molecule has 0 saturated carbocycles. The van der Waals surface area contributed by atoms with Gasteiger partial charge in [0, 0.05) is 0 Å². The summed E-state index contributed by atoms with van der Waals surface area (Å²) in [6.45, 7) is 6.47. The van der Waals surface area contributed by atoms with Gasteiger partial charge in [0.25, 0.3) is 10.1 Å². The summed E-state index contributed by atoms with van der Waals surface area (Å²) in [7, 11) is -4.80. The summed E-state index contributed by atoms with van der Waals surface area (Å²) in [5.74, 6) is 2.85. The van der Waals surface area contributed by atoms with Crippen molar-refractivity contribution in [3.63, 3.8) is 0 Å². The Morgan fingerprint density at radius 3 is 1.93 bits per heavy atom. The second-order valence-electron chi connectivity index (χ2n) is 3.61. The molecular formula is C10H20O3SSi. The molecule has 0 fully saturated rings. The fraction of sp³-hybridized carbons (Fsp3) is 0.800. The van der Waals surface area contributed by atoms with E-state index in [1.54, 1.807) is 0 Å². The largest absolute Gasteiger partial charge is 0.265 e. The average Bonchev–Trinajstić information content (AvgIpc) is 2.18. The summed E-state index contributed by atoms with van der Waals surface area (Å²) in [6.07, 6.45) is 1.04. The molecular weight excluding hydrogens is 228 g/mol. The molecule has 15 heavy (non-hydrogen) atoms. The van der Waals surface area contributed by atoms with Gasteiger partial charge in [-0.3, -0.25) is 4.18 Å². The highest BCUT2D eigenvalue weighted by Gasteiger charge is 2.23. The Kier molecular flexibility index (Phi) is 6.18. The molecule has 0 aromatic rings. The molecule has 88 valence electrons. The van der Waals surface area contributed by atoms with Crippen molar-refractivity contribution in [2.24, 2.45) is 0 Å². The van der Waals surface area contributed by atoms with Crippen LogP contribution in [-0.2, 0) is 14.3 Å². The first-order valence-corrected chi connectivity index (χ1v) is 9.67. The number of hydrogen-bond donors (Lipinski definition) is 0. The molecule has 0 rings (SSSR count). The molecule has 0 bridgehead atoms. The zero-order chi connectivity index (χ0) is 11.9. The van der Waals surface area contributed by atoms with Crippen LogP contribution in [0.1, 0.15) is 20.8 Å². The predicted molar refractivity (Wildman–Crippen MR) is 65.8 cm³/mol. The third kappa shape index (κ3) is 5.98. The lowest BCUT2D eigenvalue weighted by atomic mass is 10.8. The van der Waals surface area contributed by atoms with Gasteiger partial charge in [-0.2, -0.15) is 8.42 Å². The van der Waals surface area contributed by atoms with Crippen molar-refractivity contribution in [3.05, 3.63) is 0 Å². The van der Waals surface area contributed by atoms with E-state index >= 15 is 0 Å². The fourth-order valence-corrected chi connectivity index (χ4v) is 4.13. The molecule has 0 aromatic heterocycles. The van der Waals surface area contributed by atoms with Crippen molar-refractivity contribution in [3.8, 4) is 11.5 Å². The van der Waals surface area contributed by atoms with Gasteiger partial charge in [0.05, 0.1) is 6.26 Å². The molecule has 0 aliphatic heterocycles. The van der Waals surface area contributed by atoms with Gasteiger partial charge in [0.2, 0.25) is 0 Å². The third-order valence-corrected chi connectivity index (χ3v) is 8.04. The number of rotatable bonds is 5. The Balaban J connectivity index is 4.37. The van der Waals surface area contributed by atoms with E-state index in [-0.39, 0.29) is 6.61 Å². The molecule has 0 N–H and O–H groups in total. The maximum Gasteiger partial charge on any atom is 0.265 e. The predicted octanol–water partition coefficient (Wildman–Crippen LogP) is 2.01.